The highest BCUT2D eigenvalue weighted by molar-refractivity contribution is 7.16. The molecule has 0 saturated carbocycles. The molecule has 1 N–H and O–H groups in total. The molecule has 0 amide bonds. The van der Waals surface area contributed by atoms with Gasteiger partial charge in [-0.15, -0.1) is 11.3 Å². The lowest BCUT2D eigenvalue weighted by Gasteiger charge is -2.14. The predicted octanol–water partition coefficient (Wildman–Crippen LogP) is 3.20. The van der Waals surface area contributed by atoms with Crippen LogP contribution >= 0.6 is 34.5 Å². The summed E-state index contributed by atoms with van der Waals surface area (Å²) < 4.78 is 6.83. The van der Waals surface area contributed by atoms with Gasteiger partial charge in [0.1, 0.15) is 23.3 Å². The summed E-state index contributed by atoms with van der Waals surface area (Å²) in [5.41, 5.74) is -0.184. The van der Waals surface area contributed by atoms with Gasteiger partial charge in [0.15, 0.2) is 0 Å². The number of ether oxygens (including phenoxy) is 1. The Bertz CT molecular complexity index is 894. The molecule has 3 rings (SSSR count). The Morgan fingerprint density at radius 3 is 3.00 bits per heavy atom. The molecule has 0 saturated heterocycles. The standard InChI is InChI=1S/C15H12Cl2N2O3S/c16-9-1-2-12(17)13(5-9)22-7-10(20)6-19-8-18-14-11(15(19)21)3-4-23-14/h1-5,8,10,20H,6-7H2. The Kier molecular flexibility index (Phi) is 4.87. The Labute approximate surface area is 145 Å². The van der Waals surface area contributed by atoms with Crippen LogP contribution in [0.25, 0.3) is 10.2 Å². The van der Waals surface area contributed by atoms with Crippen molar-refractivity contribution in [2.24, 2.45) is 0 Å². The van der Waals surface area contributed by atoms with Gasteiger partial charge < -0.3 is 9.84 Å². The van der Waals surface area contributed by atoms with Gasteiger partial charge in [-0.25, -0.2) is 4.98 Å². The summed E-state index contributed by atoms with van der Waals surface area (Å²) in [6.07, 6.45) is 0.539. The van der Waals surface area contributed by atoms with E-state index in [1.54, 1.807) is 24.3 Å². The molecule has 1 aromatic carbocycles. The van der Waals surface area contributed by atoms with Crippen LogP contribution in [-0.4, -0.2) is 27.4 Å². The van der Waals surface area contributed by atoms with Crippen molar-refractivity contribution in [1.82, 2.24) is 9.55 Å². The van der Waals surface area contributed by atoms with Gasteiger partial charge in [-0.05, 0) is 23.6 Å². The summed E-state index contributed by atoms with van der Waals surface area (Å²) in [6, 6.07) is 6.56. The van der Waals surface area contributed by atoms with E-state index in [9.17, 15) is 9.90 Å². The number of hydrogen-bond acceptors (Lipinski definition) is 5. The van der Waals surface area contributed by atoms with Gasteiger partial charge in [0.25, 0.3) is 5.56 Å². The second kappa shape index (κ2) is 6.88. The van der Waals surface area contributed by atoms with Crippen LogP contribution in [0, 0.1) is 0 Å². The quantitative estimate of drug-likeness (QED) is 0.748. The zero-order chi connectivity index (χ0) is 16.4. The highest BCUT2D eigenvalue weighted by atomic mass is 35.5. The average molecular weight is 371 g/mol. The molecule has 0 aliphatic heterocycles. The van der Waals surface area contributed by atoms with Crippen LogP contribution in [0.15, 0.2) is 40.8 Å². The normalized spacial score (nSPS) is 12.5. The molecular weight excluding hydrogens is 359 g/mol. The molecule has 1 unspecified atom stereocenters. The number of aliphatic hydroxyl groups is 1. The number of thiophene rings is 1. The fraction of sp³-hybridized carbons (Fsp3) is 0.200. The monoisotopic (exact) mass is 370 g/mol. The van der Waals surface area contributed by atoms with Crippen molar-refractivity contribution in [3.05, 3.63) is 56.4 Å². The Morgan fingerprint density at radius 1 is 1.35 bits per heavy atom. The number of rotatable bonds is 5. The summed E-state index contributed by atoms with van der Waals surface area (Å²) >= 11 is 13.3. The largest absolute Gasteiger partial charge is 0.489 e. The first-order valence-corrected chi connectivity index (χ1v) is 8.36. The highest BCUT2D eigenvalue weighted by Gasteiger charge is 2.12. The number of nitrogens with zero attached hydrogens (tertiary/aromatic N) is 2. The van der Waals surface area contributed by atoms with Crippen LogP contribution < -0.4 is 10.3 Å². The minimum Gasteiger partial charge on any atom is -0.489 e. The van der Waals surface area contributed by atoms with E-state index >= 15 is 0 Å². The SMILES string of the molecule is O=c1c2ccsc2ncn1CC(O)COc1cc(Cl)ccc1Cl. The van der Waals surface area contributed by atoms with Crippen molar-refractivity contribution >= 4 is 44.8 Å². The van der Waals surface area contributed by atoms with E-state index < -0.39 is 6.10 Å². The van der Waals surface area contributed by atoms with Crippen LogP contribution in [0.3, 0.4) is 0 Å². The maximum absolute atomic E-state index is 12.2. The first kappa shape index (κ1) is 16.3. The Hall–Kier alpha value is -1.60. The average Bonchev–Trinajstić information content (AvgIpc) is 3.00. The van der Waals surface area contributed by atoms with Gasteiger partial charge in [0, 0.05) is 11.1 Å². The van der Waals surface area contributed by atoms with E-state index in [0.29, 0.717) is 26.0 Å². The van der Waals surface area contributed by atoms with E-state index in [1.807, 2.05) is 5.38 Å². The molecule has 3 aromatic rings. The Morgan fingerprint density at radius 2 is 2.17 bits per heavy atom. The molecule has 0 aliphatic carbocycles. The molecule has 2 heterocycles. The summed E-state index contributed by atoms with van der Waals surface area (Å²) in [4.78, 5) is 17.1. The summed E-state index contributed by atoms with van der Waals surface area (Å²) in [7, 11) is 0. The zero-order valence-electron chi connectivity index (χ0n) is 11.8. The van der Waals surface area contributed by atoms with E-state index in [-0.39, 0.29) is 18.7 Å². The molecule has 0 radical (unpaired) electrons. The minimum atomic E-state index is -0.888. The molecular formula is C15H12Cl2N2O3S. The van der Waals surface area contributed by atoms with Crippen LogP contribution in [0.5, 0.6) is 5.75 Å². The molecule has 8 heteroatoms. The summed E-state index contributed by atoms with van der Waals surface area (Å²) in [5, 5.41) is 13.3. The third-order valence-corrected chi connectivity index (χ3v) is 4.55. The molecule has 5 nitrogen and oxygen atoms in total. The van der Waals surface area contributed by atoms with E-state index in [2.05, 4.69) is 4.98 Å². The maximum Gasteiger partial charge on any atom is 0.262 e. The number of aromatic nitrogens is 2. The van der Waals surface area contributed by atoms with Gasteiger partial charge in [-0.2, -0.15) is 0 Å². The van der Waals surface area contributed by atoms with Gasteiger partial charge in [-0.1, -0.05) is 23.2 Å². The van der Waals surface area contributed by atoms with Crippen molar-refractivity contribution in [1.29, 1.82) is 0 Å². The zero-order valence-corrected chi connectivity index (χ0v) is 14.1. The molecule has 0 aliphatic rings. The lowest BCUT2D eigenvalue weighted by Crippen LogP contribution is -2.30. The summed E-state index contributed by atoms with van der Waals surface area (Å²) in [6.45, 7) is 0.0595. The van der Waals surface area contributed by atoms with Crippen molar-refractivity contribution < 1.29 is 9.84 Å². The highest BCUT2D eigenvalue weighted by Crippen LogP contribution is 2.27. The number of benzene rings is 1. The lowest BCUT2D eigenvalue weighted by molar-refractivity contribution is 0.0915. The number of aliphatic hydroxyl groups excluding tert-OH is 1. The van der Waals surface area contributed by atoms with Crippen LogP contribution in [0.1, 0.15) is 0 Å². The predicted molar refractivity (Wildman–Crippen MR) is 91.8 cm³/mol. The molecule has 0 spiro atoms. The smallest absolute Gasteiger partial charge is 0.262 e. The molecule has 0 fully saturated rings. The van der Waals surface area contributed by atoms with Gasteiger partial charge in [-0.3, -0.25) is 9.36 Å². The van der Waals surface area contributed by atoms with Crippen molar-refractivity contribution in [2.45, 2.75) is 12.6 Å². The lowest BCUT2D eigenvalue weighted by atomic mass is 10.3. The first-order chi connectivity index (χ1) is 11.0. The van der Waals surface area contributed by atoms with Crippen molar-refractivity contribution in [3.8, 4) is 5.75 Å². The van der Waals surface area contributed by atoms with E-state index in [4.69, 9.17) is 27.9 Å². The van der Waals surface area contributed by atoms with Crippen LogP contribution in [0.2, 0.25) is 10.0 Å². The fourth-order valence-electron chi connectivity index (χ4n) is 2.08. The third-order valence-electron chi connectivity index (χ3n) is 3.18. The van der Waals surface area contributed by atoms with Crippen LogP contribution in [-0.2, 0) is 6.54 Å². The van der Waals surface area contributed by atoms with Gasteiger partial charge in [0.2, 0.25) is 0 Å². The summed E-state index contributed by atoms with van der Waals surface area (Å²) in [5.74, 6) is 0.386. The van der Waals surface area contributed by atoms with Gasteiger partial charge in [0.05, 0.1) is 23.3 Å². The molecule has 1 atom stereocenters. The first-order valence-electron chi connectivity index (χ1n) is 6.73. The fourth-order valence-corrected chi connectivity index (χ4v) is 3.13. The van der Waals surface area contributed by atoms with Crippen molar-refractivity contribution in [3.63, 3.8) is 0 Å². The van der Waals surface area contributed by atoms with Gasteiger partial charge >= 0.3 is 0 Å². The van der Waals surface area contributed by atoms with Crippen molar-refractivity contribution in [2.75, 3.05) is 6.61 Å². The molecule has 120 valence electrons. The minimum absolute atomic E-state index is 0.0197. The Balaban J connectivity index is 1.69. The molecule has 0 bridgehead atoms. The second-order valence-electron chi connectivity index (χ2n) is 4.88. The van der Waals surface area contributed by atoms with E-state index in [1.165, 1.54) is 22.2 Å². The van der Waals surface area contributed by atoms with Crippen LogP contribution in [0.4, 0.5) is 0 Å². The van der Waals surface area contributed by atoms with E-state index in [0.717, 1.165) is 0 Å². The maximum atomic E-state index is 12.2. The third kappa shape index (κ3) is 3.67. The molecule has 23 heavy (non-hydrogen) atoms. The number of hydrogen-bond donors (Lipinski definition) is 1. The second-order valence-corrected chi connectivity index (χ2v) is 6.62. The number of fused-ring (bicyclic) bond motifs is 1. The topological polar surface area (TPSA) is 64.4 Å². The molecule has 2 aromatic heterocycles. The number of halogens is 2.